The lowest BCUT2D eigenvalue weighted by Crippen LogP contribution is -2.25. The van der Waals surface area contributed by atoms with Gasteiger partial charge in [-0.1, -0.05) is 5.16 Å². The number of amides is 2. The number of thioether (sulfide) groups is 1. The number of anilines is 2. The monoisotopic (exact) mass is 405 g/mol. The summed E-state index contributed by atoms with van der Waals surface area (Å²) in [7, 11) is 0. The Kier molecular flexibility index (Phi) is 5.88. The molecule has 2 N–H and O–H groups in total. The molecule has 2 heterocycles. The third-order valence-corrected chi connectivity index (χ3v) is 5.02. The minimum absolute atomic E-state index is 0.0260. The van der Waals surface area contributed by atoms with Crippen LogP contribution in [0.5, 0.6) is 11.5 Å². The number of hydrogen-bond donors (Lipinski definition) is 2. The van der Waals surface area contributed by atoms with Crippen LogP contribution in [0, 0.1) is 6.92 Å². The molecule has 1 aliphatic heterocycles. The van der Waals surface area contributed by atoms with E-state index in [0.29, 0.717) is 34.3 Å². The van der Waals surface area contributed by atoms with Crippen LogP contribution in [-0.2, 0) is 9.59 Å². The largest absolute Gasteiger partial charge is 0.454 e. The predicted octanol–water partition coefficient (Wildman–Crippen LogP) is 2.61. The van der Waals surface area contributed by atoms with E-state index in [2.05, 4.69) is 15.8 Å². The molecule has 0 saturated carbocycles. The number of ether oxygens (including phenoxy) is 2. The molecule has 1 atom stereocenters. The first-order chi connectivity index (χ1) is 13.3. The van der Waals surface area contributed by atoms with Gasteiger partial charge in [0.05, 0.1) is 16.7 Å². The number of ketones is 1. The Morgan fingerprint density at radius 2 is 1.89 bits per heavy atom. The number of nitrogens with zero attached hydrogens (tertiary/aromatic N) is 1. The standard InChI is InChI=1S/C18H19N3O6S/c1-9-4-16(21-27-9)20-18(24)11(3)28-7-17(23)19-13-6-15-14(25-8-26-15)5-12(13)10(2)22/h4-6,11H,7-8H2,1-3H3,(H,19,23)(H,20,21,24). The summed E-state index contributed by atoms with van der Waals surface area (Å²) in [6.07, 6.45) is 0. The first kappa shape index (κ1) is 19.7. The fraction of sp³-hybridized carbons (Fsp3) is 0.333. The number of Topliss-reactive ketones (excluding diaryl/α,β-unsaturated/α-hetero) is 1. The van der Waals surface area contributed by atoms with Gasteiger partial charge in [-0.15, -0.1) is 11.8 Å². The fourth-order valence-electron chi connectivity index (χ4n) is 2.45. The van der Waals surface area contributed by atoms with Crippen LogP contribution in [0.25, 0.3) is 0 Å². The molecule has 0 fully saturated rings. The molecule has 1 aliphatic rings. The maximum Gasteiger partial charge on any atom is 0.238 e. The van der Waals surface area contributed by atoms with Crippen molar-refractivity contribution < 1.29 is 28.4 Å². The van der Waals surface area contributed by atoms with Gasteiger partial charge in [-0.25, -0.2) is 0 Å². The van der Waals surface area contributed by atoms with Gasteiger partial charge in [0.15, 0.2) is 23.1 Å². The highest BCUT2D eigenvalue weighted by molar-refractivity contribution is 8.01. The summed E-state index contributed by atoms with van der Waals surface area (Å²) >= 11 is 1.15. The molecule has 148 valence electrons. The summed E-state index contributed by atoms with van der Waals surface area (Å²) in [4.78, 5) is 36.3. The van der Waals surface area contributed by atoms with Crippen LogP contribution in [0.4, 0.5) is 11.5 Å². The van der Waals surface area contributed by atoms with Crippen molar-refractivity contribution in [2.24, 2.45) is 0 Å². The van der Waals surface area contributed by atoms with Crippen LogP contribution in [0.1, 0.15) is 30.0 Å². The number of carbonyl (C=O) groups excluding carboxylic acids is 3. The summed E-state index contributed by atoms with van der Waals surface area (Å²) in [5.41, 5.74) is 0.673. The van der Waals surface area contributed by atoms with Gasteiger partial charge in [0.2, 0.25) is 18.6 Å². The topological polar surface area (TPSA) is 120 Å². The van der Waals surface area contributed by atoms with Crippen molar-refractivity contribution in [3.63, 3.8) is 0 Å². The number of fused-ring (bicyclic) bond motifs is 1. The van der Waals surface area contributed by atoms with Gasteiger partial charge >= 0.3 is 0 Å². The highest BCUT2D eigenvalue weighted by Gasteiger charge is 2.21. The molecule has 2 amide bonds. The average Bonchev–Trinajstić information content (AvgIpc) is 3.26. The molecule has 1 unspecified atom stereocenters. The first-order valence-corrected chi connectivity index (χ1v) is 9.48. The summed E-state index contributed by atoms with van der Waals surface area (Å²) < 4.78 is 15.4. The van der Waals surface area contributed by atoms with Crippen molar-refractivity contribution >= 4 is 40.9 Å². The predicted molar refractivity (Wildman–Crippen MR) is 103 cm³/mol. The Hall–Kier alpha value is -3.01. The third-order valence-electron chi connectivity index (χ3n) is 3.88. The number of hydrogen-bond acceptors (Lipinski definition) is 8. The van der Waals surface area contributed by atoms with E-state index in [0.717, 1.165) is 11.8 Å². The molecule has 10 heteroatoms. The van der Waals surface area contributed by atoms with Gasteiger partial charge in [0.1, 0.15) is 5.76 Å². The second kappa shape index (κ2) is 8.34. The molecule has 9 nitrogen and oxygen atoms in total. The molecule has 3 rings (SSSR count). The van der Waals surface area contributed by atoms with Crippen molar-refractivity contribution in [2.75, 3.05) is 23.2 Å². The van der Waals surface area contributed by atoms with E-state index in [-0.39, 0.29) is 30.1 Å². The zero-order valence-electron chi connectivity index (χ0n) is 15.5. The number of aryl methyl sites for hydroxylation is 1. The molecule has 0 aliphatic carbocycles. The maximum absolute atomic E-state index is 12.3. The molecular formula is C18H19N3O6S. The molecule has 0 bridgehead atoms. The van der Waals surface area contributed by atoms with E-state index in [4.69, 9.17) is 14.0 Å². The molecule has 0 spiro atoms. The van der Waals surface area contributed by atoms with Gasteiger partial charge in [0, 0.05) is 17.7 Å². The van der Waals surface area contributed by atoms with Crippen LogP contribution < -0.4 is 20.1 Å². The Balaban J connectivity index is 1.57. The van der Waals surface area contributed by atoms with E-state index in [1.807, 2.05) is 0 Å². The van der Waals surface area contributed by atoms with Gasteiger partial charge in [-0.05, 0) is 26.8 Å². The molecule has 28 heavy (non-hydrogen) atoms. The second-order valence-corrected chi connectivity index (χ2v) is 7.45. The Bertz CT molecular complexity index is 926. The van der Waals surface area contributed by atoms with E-state index in [9.17, 15) is 14.4 Å². The molecule has 1 aromatic carbocycles. The highest BCUT2D eigenvalue weighted by atomic mass is 32.2. The Morgan fingerprint density at radius 1 is 1.18 bits per heavy atom. The third kappa shape index (κ3) is 4.63. The summed E-state index contributed by atoms with van der Waals surface area (Å²) in [5, 5.41) is 8.51. The van der Waals surface area contributed by atoms with Crippen molar-refractivity contribution in [1.29, 1.82) is 0 Å². The van der Waals surface area contributed by atoms with E-state index < -0.39 is 5.25 Å². The van der Waals surface area contributed by atoms with E-state index in [1.54, 1.807) is 32.0 Å². The number of benzene rings is 1. The molecule has 0 saturated heterocycles. The maximum atomic E-state index is 12.3. The van der Waals surface area contributed by atoms with Crippen LogP contribution in [0.15, 0.2) is 22.7 Å². The van der Waals surface area contributed by atoms with Gasteiger partial charge in [-0.3, -0.25) is 14.4 Å². The molecular weight excluding hydrogens is 386 g/mol. The quantitative estimate of drug-likeness (QED) is 0.675. The van der Waals surface area contributed by atoms with Crippen molar-refractivity contribution in [2.45, 2.75) is 26.0 Å². The van der Waals surface area contributed by atoms with Crippen LogP contribution in [0.2, 0.25) is 0 Å². The van der Waals surface area contributed by atoms with Gasteiger partial charge < -0.3 is 24.6 Å². The number of rotatable bonds is 7. The summed E-state index contributed by atoms with van der Waals surface area (Å²) in [5.74, 6) is 1.01. The van der Waals surface area contributed by atoms with Gasteiger partial charge in [0.25, 0.3) is 0 Å². The minimum atomic E-state index is -0.494. The zero-order chi connectivity index (χ0) is 20.3. The van der Waals surface area contributed by atoms with Crippen molar-refractivity contribution in [3.8, 4) is 11.5 Å². The van der Waals surface area contributed by atoms with Crippen LogP contribution in [-0.4, -0.2) is 40.6 Å². The Labute approximate surface area is 165 Å². The van der Waals surface area contributed by atoms with E-state index >= 15 is 0 Å². The lowest BCUT2D eigenvalue weighted by atomic mass is 10.1. The lowest BCUT2D eigenvalue weighted by molar-refractivity contribution is -0.115. The normalized spacial score (nSPS) is 13.1. The van der Waals surface area contributed by atoms with E-state index in [1.165, 1.54) is 6.92 Å². The van der Waals surface area contributed by atoms with Crippen LogP contribution in [0.3, 0.4) is 0 Å². The smallest absolute Gasteiger partial charge is 0.238 e. The summed E-state index contributed by atoms with van der Waals surface area (Å²) in [6.45, 7) is 4.87. The number of aromatic nitrogens is 1. The first-order valence-electron chi connectivity index (χ1n) is 8.43. The number of carbonyl (C=O) groups is 3. The minimum Gasteiger partial charge on any atom is -0.454 e. The number of nitrogens with one attached hydrogen (secondary N) is 2. The zero-order valence-corrected chi connectivity index (χ0v) is 16.3. The highest BCUT2D eigenvalue weighted by Crippen LogP contribution is 2.37. The Morgan fingerprint density at radius 3 is 2.54 bits per heavy atom. The molecule has 0 radical (unpaired) electrons. The average molecular weight is 405 g/mol. The second-order valence-electron chi connectivity index (χ2n) is 6.12. The van der Waals surface area contributed by atoms with Crippen LogP contribution >= 0.6 is 11.8 Å². The summed E-state index contributed by atoms with van der Waals surface area (Å²) in [6, 6.07) is 4.71. The molecule has 2 aromatic rings. The lowest BCUT2D eigenvalue weighted by Gasteiger charge is -2.12. The van der Waals surface area contributed by atoms with Crippen molar-refractivity contribution in [3.05, 3.63) is 29.5 Å². The van der Waals surface area contributed by atoms with Gasteiger partial charge in [-0.2, -0.15) is 0 Å². The molecule has 1 aromatic heterocycles. The SMILES string of the molecule is CC(=O)c1cc2c(cc1NC(=O)CSC(C)C(=O)Nc1cc(C)on1)OCO2. The van der Waals surface area contributed by atoms with Crippen molar-refractivity contribution in [1.82, 2.24) is 5.16 Å². The fourth-order valence-corrected chi connectivity index (χ4v) is 3.14.